The van der Waals surface area contributed by atoms with Crippen LogP contribution in [0.1, 0.15) is 0 Å². The molecule has 2 aromatic rings. The number of hydrogen-bond donors (Lipinski definition) is 1. The van der Waals surface area contributed by atoms with Crippen molar-refractivity contribution in [3.05, 3.63) is 21.6 Å². The third-order valence-corrected chi connectivity index (χ3v) is 3.47. The lowest BCUT2D eigenvalue weighted by molar-refractivity contribution is 1.41. The molecule has 13 heavy (non-hydrogen) atoms. The summed E-state index contributed by atoms with van der Waals surface area (Å²) in [5.41, 5.74) is 0.957. The van der Waals surface area contributed by atoms with Gasteiger partial charge in [0, 0.05) is 16.5 Å². The molecule has 0 aliphatic rings. The van der Waals surface area contributed by atoms with Crippen LogP contribution in [-0.4, -0.2) is 12.0 Å². The fourth-order valence-electron chi connectivity index (χ4n) is 1.06. The van der Waals surface area contributed by atoms with Gasteiger partial charge in [-0.2, -0.15) is 0 Å². The molecule has 0 atom stereocenters. The average Bonchev–Trinajstić information content (AvgIpc) is 2.47. The van der Waals surface area contributed by atoms with Gasteiger partial charge in [-0.15, -0.1) is 0 Å². The second-order valence-electron chi connectivity index (χ2n) is 2.50. The summed E-state index contributed by atoms with van der Waals surface area (Å²) in [7, 11) is 1.85. The van der Waals surface area contributed by atoms with Crippen LogP contribution in [-0.2, 0) is 0 Å². The van der Waals surface area contributed by atoms with Crippen molar-refractivity contribution in [3.63, 3.8) is 0 Å². The number of rotatable bonds is 1. The molecule has 0 saturated heterocycles. The number of fused-ring (bicyclic) bond motifs is 1. The fourth-order valence-corrected chi connectivity index (χ4v) is 3.04. The summed E-state index contributed by atoms with van der Waals surface area (Å²) in [5, 5.41) is 4.63. The van der Waals surface area contributed by atoms with Crippen molar-refractivity contribution in [3.8, 4) is 0 Å². The number of aromatic nitrogens is 1. The third-order valence-electron chi connectivity index (χ3n) is 1.63. The molecule has 2 rings (SSSR count). The Morgan fingerprint density at radius 3 is 3.00 bits per heavy atom. The zero-order valence-corrected chi connectivity index (χ0v) is 9.92. The molecular weight excluding hydrogens is 272 g/mol. The van der Waals surface area contributed by atoms with E-state index in [0.29, 0.717) is 0 Å². The van der Waals surface area contributed by atoms with Crippen LogP contribution < -0.4 is 5.32 Å². The van der Waals surface area contributed by atoms with Crippen LogP contribution in [0.5, 0.6) is 0 Å². The van der Waals surface area contributed by atoms with Crippen molar-refractivity contribution in [2.24, 2.45) is 0 Å². The van der Waals surface area contributed by atoms with Crippen LogP contribution in [0.3, 0.4) is 0 Å². The van der Waals surface area contributed by atoms with Gasteiger partial charge in [-0.05, 0) is 28.1 Å². The molecule has 0 saturated carbocycles. The number of benzene rings is 1. The van der Waals surface area contributed by atoms with Crippen molar-refractivity contribution < 1.29 is 0 Å². The van der Waals surface area contributed by atoms with Crippen molar-refractivity contribution in [2.45, 2.75) is 0 Å². The maximum absolute atomic E-state index is 5.90. The summed E-state index contributed by atoms with van der Waals surface area (Å²) in [6, 6.07) is 3.77. The highest BCUT2D eigenvalue weighted by Gasteiger charge is 2.06. The lowest BCUT2D eigenvalue weighted by atomic mass is 10.3. The molecular formula is C8H6BrClN2S. The molecule has 68 valence electrons. The van der Waals surface area contributed by atoms with Gasteiger partial charge in [-0.25, -0.2) is 4.98 Å². The van der Waals surface area contributed by atoms with Gasteiger partial charge in [-0.3, -0.25) is 0 Å². The lowest BCUT2D eigenvalue weighted by Crippen LogP contribution is -1.84. The number of hydrogen-bond acceptors (Lipinski definition) is 3. The van der Waals surface area contributed by atoms with E-state index in [9.17, 15) is 0 Å². The number of halogens is 2. The minimum absolute atomic E-state index is 0.727. The van der Waals surface area contributed by atoms with E-state index in [1.165, 1.54) is 0 Å². The quantitative estimate of drug-likeness (QED) is 0.858. The summed E-state index contributed by atoms with van der Waals surface area (Å²) < 4.78 is 2.02. The van der Waals surface area contributed by atoms with Gasteiger partial charge in [0.2, 0.25) is 0 Å². The molecule has 1 aromatic carbocycles. The molecule has 2 nitrogen and oxygen atoms in total. The third kappa shape index (κ3) is 1.66. The first-order valence-electron chi connectivity index (χ1n) is 3.64. The topological polar surface area (TPSA) is 24.9 Å². The van der Waals surface area contributed by atoms with Gasteiger partial charge in [0.1, 0.15) is 0 Å². The molecule has 0 amide bonds. The van der Waals surface area contributed by atoms with Gasteiger partial charge in [-0.1, -0.05) is 22.9 Å². The van der Waals surface area contributed by atoms with Crippen molar-refractivity contribution in [1.29, 1.82) is 0 Å². The van der Waals surface area contributed by atoms with E-state index in [4.69, 9.17) is 11.6 Å². The van der Waals surface area contributed by atoms with E-state index in [1.807, 2.05) is 19.2 Å². The van der Waals surface area contributed by atoms with Gasteiger partial charge in [0.25, 0.3) is 0 Å². The largest absolute Gasteiger partial charge is 0.365 e. The van der Waals surface area contributed by atoms with Gasteiger partial charge < -0.3 is 5.32 Å². The second-order valence-corrected chi connectivity index (χ2v) is 4.82. The Bertz CT molecular complexity index is 455. The average molecular weight is 278 g/mol. The molecule has 1 N–H and O–H groups in total. The highest BCUT2D eigenvalue weighted by molar-refractivity contribution is 9.10. The smallest absolute Gasteiger partial charge is 0.183 e. The summed E-state index contributed by atoms with van der Waals surface area (Å²) in [6.45, 7) is 0. The minimum Gasteiger partial charge on any atom is -0.365 e. The highest BCUT2D eigenvalue weighted by atomic mass is 79.9. The van der Waals surface area contributed by atoms with Crippen LogP contribution in [0.25, 0.3) is 10.2 Å². The molecule has 0 spiro atoms. The summed E-state index contributed by atoms with van der Waals surface area (Å²) in [5.74, 6) is 0. The summed E-state index contributed by atoms with van der Waals surface area (Å²) in [6.07, 6.45) is 0. The maximum atomic E-state index is 5.90. The normalized spacial score (nSPS) is 10.7. The van der Waals surface area contributed by atoms with Gasteiger partial charge >= 0.3 is 0 Å². The fraction of sp³-hybridized carbons (Fsp3) is 0.125. The predicted octanol–water partition coefficient (Wildman–Crippen LogP) is 3.75. The first-order chi connectivity index (χ1) is 6.20. The van der Waals surface area contributed by atoms with Gasteiger partial charge in [0.15, 0.2) is 5.13 Å². The number of nitrogens with one attached hydrogen (secondary N) is 1. The minimum atomic E-state index is 0.727. The Kier molecular flexibility index (Phi) is 2.45. The van der Waals surface area contributed by atoms with E-state index >= 15 is 0 Å². The Hall–Kier alpha value is -0.320. The van der Waals surface area contributed by atoms with Gasteiger partial charge in [0.05, 0.1) is 10.2 Å². The van der Waals surface area contributed by atoms with Crippen molar-refractivity contribution in [2.75, 3.05) is 12.4 Å². The lowest BCUT2D eigenvalue weighted by Gasteiger charge is -1.92. The number of thiazole rings is 1. The SMILES string of the molecule is CNc1nc2c(Br)cc(Cl)cc2s1. The molecule has 1 aromatic heterocycles. The standard InChI is InChI=1S/C8H6BrClN2S/c1-11-8-12-7-5(9)2-4(10)3-6(7)13-8/h2-3H,1H3,(H,11,12). The van der Waals surface area contributed by atoms with E-state index in [2.05, 4.69) is 26.2 Å². The van der Waals surface area contributed by atoms with Crippen LogP contribution in [0.2, 0.25) is 5.02 Å². The predicted molar refractivity (Wildman–Crippen MR) is 61.9 cm³/mol. The first-order valence-corrected chi connectivity index (χ1v) is 5.63. The zero-order chi connectivity index (χ0) is 9.42. The van der Waals surface area contributed by atoms with Crippen LogP contribution in [0.4, 0.5) is 5.13 Å². The molecule has 0 aliphatic carbocycles. The Morgan fingerprint density at radius 1 is 1.54 bits per heavy atom. The zero-order valence-electron chi connectivity index (χ0n) is 6.77. The van der Waals surface area contributed by atoms with E-state index in [0.717, 1.165) is 24.8 Å². The molecule has 0 bridgehead atoms. The van der Waals surface area contributed by atoms with E-state index in [1.54, 1.807) is 11.3 Å². The second kappa shape index (κ2) is 3.44. The van der Waals surface area contributed by atoms with Crippen LogP contribution >= 0.6 is 38.9 Å². The van der Waals surface area contributed by atoms with E-state index in [-0.39, 0.29) is 0 Å². The molecule has 0 fully saturated rings. The van der Waals surface area contributed by atoms with Crippen molar-refractivity contribution in [1.82, 2.24) is 4.98 Å². The molecule has 0 radical (unpaired) electrons. The summed E-state index contributed by atoms with van der Waals surface area (Å²) in [4.78, 5) is 4.37. The monoisotopic (exact) mass is 276 g/mol. The van der Waals surface area contributed by atoms with Crippen LogP contribution in [0, 0.1) is 0 Å². The van der Waals surface area contributed by atoms with Crippen molar-refractivity contribution >= 4 is 54.2 Å². The number of nitrogens with zero attached hydrogens (tertiary/aromatic N) is 1. The number of anilines is 1. The Labute approximate surface area is 93.1 Å². The Balaban J connectivity index is 2.75. The molecule has 0 aliphatic heterocycles. The summed E-state index contributed by atoms with van der Waals surface area (Å²) >= 11 is 10.9. The molecule has 5 heteroatoms. The molecule has 1 heterocycles. The molecule has 0 unspecified atom stereocenters. The first kappa shape index (κ1) is 9.24. The maximum Gasteiger partial charge on any atom is 0.183 e. The van der Waals surface area contributed by atoms with E-state index < -0.39 is 0 Å². The Morgan fingerprint density at radius 2 is 2.31 bits per heavy atom. The highest BCUT2D eigenvalue weighted by Crippen LogP contribution is 2.33. The van der Waals surface area contributed by atoms with Crippen LogP contribution in [0.15, 0.2) is 16.6 Å².